The van der Waals surface area contributed by atoms with Crippen molar-refractivity contribution >= 4 is 27.5 Å². The van der Waals surface area contributed by atoms with Gasteiger partial charge in [0.25, 0.3) is 5.91 Å². The largest absolute Gasteiger partial charge is 0.493 e. The van der Waals surface area contributed by atoms with Crippen molar-refractivity contribution in [1.82, 2.24) is 10.2 Å². The van der Waals surface area contributed by atoms with Gasteiger partial charge in [0.05, 0.1) is 19.0 Å². The Morgan fingerprint density at radius 2 is 2.00 bits per heavy atom. The highest BCUT2D eigenvalue weighted by Gasteiger charge is 2.12. The highest BCUT2D eigenvalue weighted by molar-refractivity contribution is 9.10. The van der Waals surface area contributed by atoms with E-state index in [1.54, 1.807) is 31.5 Å². The van der Waals surface area contributed by atoms with Gasteiger partial charge in [0.2, 0.25) is 0 Å². The van der Waals surface area contributed by atoms with Gasteiger partial charge in [-0.05, 0) is 35.9 Å². The number of benzene rings is 2. The summed E-state index contributed by atoms with van der Waals surface area (Å²) in [4.78, 5) is 12.2. The van der Waals surface area contributed by atoms with Crippen LogP contribution < -0.4 is 14.8 Å². The number of hydrogen-bond acceptors (Lipinski definition) is 4. The van der Waals surface area contributed by atoms with Crippen LogP contribution in [0.25, 0.3) is 0 Å². The van der Waals surface area contributed by atoms with E-state index in [4.69, 9.17) is 9.47 Å². The summed E-state index contributed by atoms with van der Waals surface area (Å²) < 4.78 is 12.2. The molecule has 2 N–H and O–H groups in total. The molecular formula is C18H16BrN3O3. The Kier molecular flexibility index (Phi) is 5.35. The number of carbonyl (C=O) groups excluding carboxylic acids is 1. The molecule has 0 saturated heterocycles. The normalized spacial score (nSPS) is 10.3. The molecule has 0 aliphatic heterocycles. The van der Waals surface area contributed by atoms with Crippen molar-refractivity contribution in [3.8, 4) is 11.5 Å². The van der Waals surface area contributed by atoms with Crippen LogP contribution in [-0.2, 0) is 6.61 Å². The Hall–Kier alpha value is -2.80. The van der Waals surface area contributed by atoms with Gasteiger partial charge in [-0.15, -0.1) is 0 Å². The lowest BCUT2D eigenvalue weighted by Gasteiger charge is -2.12. The maximum absolute atomic E-state index is 12.2. The van der Waals surface area contributed by atoms with Gasteiger partial charge in [-0.25, -0.2) is 0 Å². The van der Waals surface area contributed by atoms with Crippen LogP contribution in [0, 0.1) is 0 Å². The molecule has 2 aromatic carbocycles. The Morgan fingerprint density at radius 1 is 1.20 bits per heavy atom. The summed E-state index contributed by atoms with van der Waals surface area (Å²) in [6.45, 7) is 0.407. The highest BCUT2D eigenvalue weighted by Crippen LogP contribution is 2.29. The number of aromatic nitrogens is 2. The average molecular weight is 402 g/mol. The van der Waals surface area contributed by atoms with Crippen molar-refractivity contribution < 1.29 is 14.3 Å². The standard InChI is InChI=1S/C18H16BrN3O3/c1-24-17-8-13(18(23)22-15-9-20-21-10-15)4-7-16(17)25-11-12-2-5-14(19)6-3-12/h2-10H,11H2,1H3,(H,20,21)(H,22,23). The van der Waals surface area contributed by atoms with Crippen LogP contribution in [0.15, 0.2) is 59.3 Å². The number of amides is 1. The van der Waals surface area contributed by atoms with Crippen LogP contribution >= 0.6 is 15.9 Å². The number of ether oxygens (including phenoxy) is 2. The first-order valence-corrected chi connectivity index (χ1v) is 8.30. The summed E-state index contributed by atoms with van der Waals surface area (Å²) in [5.41, 5.74) is 2.10. The smallest absolute Gasteiger partial charge is 0.255 e. The first-order valence-electron chi connectivity index (χ1n) is 7.51. The van der Waals surface area contributed by atoms with Gasteiger partial charge in [0.15, 0.2) is 11.5 Å². The van der Waals surface area contributed by atoms with Crippen molar-refractivity contribution in [2.45, 2.75) is 6.61 Å². The van der Waals surface area contributed by atoms with Gasteiger partial charge in [-0.3, -0.25) is 9.89 Å². The minimum atomic E-state index is -0.251. The van der Waals surface area contributed by atoms with Crippen molar-refractivity contribution in [2.75, 3.05) is 12.4 Å². The van der Waals surface area contributed by atoms with E-state index in [9.17, 15) is 4.79 Å². The topological polar surface area (TPSA) is 76.2 Å². The van der Waals surface area contributed by atoms with E-state index in [0.717, 1.165) is 10.0 Å². The number of aromatic amines is 1. The molecule has 0 saturated carbocycles. The van der Waals surface area contributed by atoms with Crippen molar-refractivity contribution in [3.63, 3.8) is 0 Å². The number of rotatable bonds is 6. The minimum absolute atomic E-state index is 0.251. The zero-order valence-electron chi connectivity index (χ0n) is 13.5. The molecular weight excluding hydrogens is 386 g/mol. The van der Waals surface area contributed by atoms with E-state index in [-0.39, 0.29) is 5.91 Å². The molecule has 0 radical (unpaired) electrons. The summed E-state index contributed by atoms with van der Waals surface area (Å²) in [7, 11) is 1.54. The Labute approximate surface area is 153 Å². The zero-order chi connectivity index (χ0) is 17.6. The molecule has 6 nitrogen and oxygen atoms in total. The Morgan fingerprint density at radius 3 is 2.68 bits per heavy atom. The van der Waals surface area contributed by atoms with E-state index >= 15 is 0 Å². The molecule has 3 rings (SSSR count). The molecule has 25 heavy (non-hydrogen) atoms. The number of anilines is 1. The number of nitrogens with zero attached hydrogens (tertiary/aromatic N) is 1. The third-order valence-electron chi connectivity index (χ3n) is 3.49. The summed E-state index contributed by atoms with van der Waals surface area (Å²) in [5.74, 6) is 0.821. The fraction of sp³-hybridized carbons (Fsp3) is 0.111. The number of hydrogen-bond donors (Lipinski definition) is 2. The van der Waals surface area contributed by atoms with E-state index < -0.39 is 0 Å². The number of nitrogens with one attached hydrogen (secondary N) is 2. The molecule has 0 aliphatic rings. The SMILES string of the molecule is COc1cc(C(=O)Nc2cn[nH]c2)ccc1OCc1ccc(Br)cc1. The fourth-order valence-corrected chi connectivity index (χ4v) is 2.46. The van der Waals surface area contributed by atoms with E-state index in [1.807, 2.05) is 24.3 Å². The molecule has 1 aromatic heterocycles. The number of halogens is 1. The lowest BCUT2D eigenvalue weighted by Crippen LogP contribution is -2.11. The minimum Gasteiger partial charge on any atom is -0.493 e. The van der Waals surface area contributed by atoms with Gasteiger partial charge in [-0.2, -0.15) is 5.10 Å². The predicted molar refractivity (Wildman–Crippen MR) is 98.0 cm³/mol. The second-order valence-electron chi connectivity index (χ2n) is 5.22. The summed E-state index contributed by atoms with van der Waals surface area (Å²) >= 11 is 3.40. The summed E-state index contributed by atoms with van der Waals surface area (Å²) in [6.07, 6.45) is 3.13. The van der Waals surface area contributed by atoms with Gasteiger partial charge >= 0.3 is 0 Å². The summed E-state index contributed by atoms with van der Waals surface area (Å²) in [5, 5.41) is 9.17. The molecule has 0 bridgehead atoms. The lowest BCUT2D eigenvalue weighted by atomic mass is 10.2. The second kappa shape index (κ2) is 7.85. The first-order chi connectivity index (χ1) is 12.2. The molecule has 7 heteroatoms. The molecule has 0 atom stereocenters. The third kappa shape index (κ3) is 4.39. The van der Waals surface area contributed by atoms with Crippen LogP contribution in [0.1, 0.15) is 15.9 Å². The van der Waals surface area contributed by atoms with Crippen molar-refractivity contribution in [3.05, 3.63) is 70.5 Å². The molecule has 1 heterocycles. The van der Waals surface area contributed by atoms with E-state index in [2.05, 4.69) is 31.4 Å². The second-order valence-corrected chi connectivity index (χ2v) is 6.14. The molecule has 128 valence electrons. The van der Waals surface area contributed by atoms with E-state index in [1.165, 1.54) is 6.20 Å². The van der Waals surface area contributed by atoms with Crippen LogP contribution in [0.3, 0.4) is 0 Å². The maximum atomic E-state index is 12.2. The van der Waals surface area contributed by atoms with Gasteiger partial charge in [0.1, 0.15) is 6.61 Å². The number of methoxy groups -OCH3 is 1. The average Bonchev–Trinajstić information content (AvgIpc) is 3.14. The molecule has 1 amide bonds. The van der Waals surface area contributed by atoms with Gasteiger partial charge in [-0.1, -0.05) is 28.1 Å². The Balaban J connectivity index is 1.70. The molecule has 0 unspecified atom stereocenters. The quantitative estimate of drug-likeness (QED) is 0.653. The van der Waals surface area contributed by atoms with Crippen LogP contribution in [0.4, 0.5) is 5.69 Å². The van der Waals surface area contributed by atoms with Crippen molar-refractivity contribution in [1.29, 1.82) is 0 Å². The zero-order valence-corrected chi connectivity index (χ0v) is 15.0. The van der Waals surface area contributed by atoms with Crippen molar-refractivity contribution in [2.24, 2.45) is 0 Å². The number of carbonyl (C=O) groups is 1. The molecule has 3 aromatic rings. The van der Waals surface area contributed by atoms with E-state index in [0.29, 0.717) is 29.4 Å². The van der Waals surface area contributed by atoms with Crippen LogP contribution in [-0.4, -0.2) is 23.2 Å². The monoisotopic (exact) mass is 401 g/mol. The lowest BCUT2D eigenvalue weighted by molar-refractivity contribution is 0.102. The van der Waals surface area contributed by atoms with Crippen LogP contribution in [0.2, 0.25) is 0 Å². The van der Waals surface area contributed by atoms with Crippen LogP contribution in [0.5, 0.6) is 11.5 Å². The molecule has 0 aliphatic carbocycles. The van der Waals surface area contributed by atoms with Gasteiger partial charge < -0.3 is 14.8 Å². The fourth-order valence-electron chi connectivity index (χ4n) is 2.19. The van der Waals surface area contributed by atoms with Gasteiger partial charge in [0, 0.05) is 16.2 Å². The predicted octanol–water partition coefficient (Wildman–Crippen LogP) is 4.01. The first kappa shape index (κ1) is 17.0. The molecule has 0 fully saturated rings. The number of H-pyrrole nitrogens is 1. The highest BCUT2D eigenvalue weighted by atomic mass is 79.9. The Bertz CT molecular complexity index is 849. The maximum Gasteiger partial charge on any atom is 0.255 e. The molecule has 0 spiro atoms. The third-order valence-corrected chi connectivity index (χ3v) is 4.02. The summed E-state index contributed by atoms with van der Waals surface area (Å²) in [6, 6.07) is 12.9.